The summed E-state index contributed by atoms with van der Waals surface area (Å²) in [5.74, 6) is -0.181. The van der Waals surface area contributed by atoms with Gasteiger partial charge in [-0.2, -0.15) is 10.5 Å². The second-order valence-corrected chi connectivity index (χ2v) is 4.63. The van der Waals surface area contributed by atoms with Gasteiger partial charge >= 0.3 is 0 Å². The van der Waals surface area contributed by atoms with Crippen molar-refractivity contribution in [1.82, 2.24) is 4.90 Å². The molecule has 0 aliphatic heterocycles. The number of carbonyl (C=O) groups excluding carboxylic acids is 1. The zero-order valence-electron chi connectivity index (χ0n) is 11.8. The summed E-state index contributed by atoms with van der Waals surface area (Å²) in [5, 5.41) is 17.3. The first-order valence-electron chi connectivity index (χ1n) is 6.41. The second kappa shape index (κ2) is 7.16. The summed E-state index contributed by atoms with van der Waals surface area (Å²) in [4.78, 5) is 14.0. The molecule has 0 aliphatic carbocycles. The van der Waals surface area contributed by atoms with Crippen molar-refractivity contribution in [1.29, 1.82) is 10.5 Å². The van der Waals surface area contributed by atoms with E-state index in [0.717, 1.165) is 11.1 Å². The lowest BCUT2D eigenvalue weighted by atomic mass is 10.0. The number of anilines is 1. The van der Waals surface area contributed by atoms with Gasteiger partial charge in [0.15, 0.2) is 0 Å². The Hall–Kier alpha value is -2.53. The number of aryl methyl sites for hydroxylation is 2. The molecule has 0 fully saturated rings. The van der Waals surface area contributed by atoms with E-state index >= 15 is 0 Å². The quantitative estimate of drug-likeness (QED) is 0.829. The molecule has 5 heteroatoms. The first kappa shape index (κ1) is 15.5. The third kappa shape index (κ3) is 3.73. The molecule has 2 N–H and O–H groups in total. The number of amides is 1. The molecule has 0 bridgehead atoms. The molecule has 0 heterocycles. The zero-order valence-corrected chi connectivity index (χ0v) is 11.8. The Balaban J connectivity index is 3.02. The molecule has 1 rings (SSSR count). The molecule has 0 aliphatic rings. The van der Waals surface area contributed by atoms with Gasteiger partial charge in [0, 0.05) is 24.3 Å². The van der Waals surface area contributed by atoms with Crippen LogP contribution in [0.15, 0.2) is 12.1 Å². The Bertz CT molecular complexity index is 563. The van der Waals surface area contributed by atoms with Gasteiger partial charge in [-0.1, -0.05) is 6.07 Å². The van der Waals surface area contributed by atoms with Crippen LogP contribution in [-0.4, -0.2) is 23.9 Å². The average molecular weight is 270 g/mol. The second-order valence-electron chi connectivity index (χ2n) is 4.63. The smallest absolute Gasteiger partial charge is 0.254 e. The van der Waals surface area contributed by atoms with Gasteiger partial charge in [-0.25, -0.2) is 0 Å². The Morgan fingerprint density at radius 3 is 2.20 bits per heavy atom. The molecule has 1 aromatic rings. The third-order valence-electron chi connectivity index (χ3n) is 3.12. The first-order chi connectivity index (χ1) is 9.51. The highest BCUT2D eigenvalue weighted by atomic mass is 16.2. The maximum atomic E-state index is 12.5. The standard InChI is InChI=1S/C15H18N4O/c1-11-9-12(2)14(18)10-13(11)15(20)19(7-3-5-16)8-4-6-17/h9-10H,3-4,7-8,18H2,1-2H3. The van der Waals surface area contributed by atoms with E-state index in [1.54, 1.807) is 6.07 Å². The van der Waals surface area contributed by atoms with E-state index in [1.807, 2.05) is 32.1 Å². The van der Waals surface area contributed by atoms with Crippen LogP contribution in [0.25, 0.3) is 0 Å². The van der Waals surface area contributed by atoms with E-state index in [4.69, 9.17) is 16.3 Å². The lowest BCUT2D eigenvalue weighted by Crippen LogP contribution is -2.33. The van der Waals surface area contributed by atoms with E-state index in [-0.39, 0.29) is 18.7 Å². The van der Waals surface area contributed by atoms with Crippen LogP contribution in [0.4, 0.5) is 5.69 Å². The summed E-state index contributed by atoms with van der Waals surface area (Å²) < 4.78 is 0. The van der Waals surface area contributed by atoms with Crippen molar-refractivity contribution >= 4 is 11.6 Å². The van der Waals surface area contributed by atoms with Crippen molar-refractivity contribution in [2.75, 3.05) is 18.8 Å². The summed E-state index contributed by atoms with van der Waals surface area (Å²) >= 11 is 0. The van der Waals surface area contributed by atoms with Gasteiger partial charge in [0.05, 0.1) is 25.0 Å². The van der Waals surface area contributed by atoms with E-state index in [1.165, 1.54) is 4.90 Å². The zero-order chi connectivity index (χ0) is 15.1. The molecule has 0 unspecified atom stereocenters. The minimum Gasteiger partial charge on any atom is -0.398 e. The van der Waals surface area contributed by atoms with Crippen molar-refractivity contribution in [3.05, 3.63) is 28.8 Å². The van der Waals surface area contributed by atoms with Crippen LogP contribution in [0.5, 0.6) is 0 Å². The lowest BCUT2D eigenvalue weighted by Gasteiger charge is -2.22. The number of hydrogen-bond acceptors (Lipinski definition) is 4. The minimum absolute atomic E-state index is 0.181. The minimum atomic E-state index is -0.181. The number of nitrogens with zero attached hydrogens (tertiary/aromatic N) is 3. The predicted molar refractivity (Wildman–Crippen MR) is 76.7 cm³/mol. The highest BCUT2D eigenvalue weighted by Gasteiger charge is 2.18. The van der Waals surface area contributed by atoms with E-state index in [0.29, 0.717) is 24.3 Å². The third-order valence-corrected chi connectivity index (χ3v) is 3.12. The van der Waals surface area contributed by atoms with Crippen molar-refractivity contribution in [2.24, 2.45) is 0 Å². The van der Waals surface area contributed by atoms with Crippen LogP contribution in [-0.2, 0) is 0 Å². The van der Waals surface area contributed by atoms with Crippen molar-refractivity contribution in [3.63, 3.8) is 0 Å². The summed E-state index contributed by atoms with van der Waals surface area (Å²) in [6.07, 6.45) is 0.495. The molecular weight excluding hydrogens is 252 g/mol. The Morgan fingerprint density at radius 1 is 1.15 bits per heavy atom. The maximum absolute atomic E-state index is 12.5. The van der Waals surface area contributed by atoms with Gasteiger partial charge in [0.1, 0.15) is 0 Å². The Kier molecular flexibility index (Phi) is 5.56. The molecule has 0 aromatic heterocycles. The van der Waals surface area contributed by atoms with Crippen molar-refractivity contribution < 1.29 is 4.79 Å². The van der Waals surface area contributed by atoms with Gasteiger partial charge in [0.25, 0.3) is 5.91 Å². The largest absolute Gasteiger partial charge is 0.398 e. The van der Waals surface area contributed by atoms with Gasteiger partial charge in [-0.15, -0.1) is 0 Å². The van der Waals surface area contributed by atoms with Gasteiger partial charge in [-0.05, 0) is 31.0 Å². The highest BCUT2D eigenvalue weighted by Crippen LogP contribution is 2.19. The summed E-state index contributed by atoms with van der Waals surface area (Å²) in [7, 11) is 0. The van der Waals surface area contributed by atoms with Crippen LogP contribution >= 0.6 is 0 Å². The van der Waals surface area contributed by atoms with Gasteiger partial charge in [0.2, 0.25) is 0 Å². The van der Waals surface area contributed by atoms with E-state index in [9.17, 15) is 4.79 Å². The SMILES string of the molecule is Cc1cc(C)c(C(=O)N(CCC#N)CCC#N)cc1N. The first-order valence-corrected chi connectivity index (χ1v) is 6.41. The molecular formula is C15H18N4O. The van der Waals surface area contributed by atoms with Crippen LogP contribution in [0.2, 0.25) is 0 Å². The Labute approximate surface area is 119 Å². The monoisotopic (exact) mass is 270 g/mol. The van der Waals surface area contributed by atoms with E-state index < -0.39 is 0 Å². The summed E-state index contributed by atoms with van der Waals surface area (Å²) in [6.45, 7) is 4.39. The summed E-state index contributed by atoms with van der Waals surface area (Å²) in [5.41, 5.74) is 8.73. The highest BCUT2D eigenvalue weighted by molar-refractivity contribution is 5.96. The van der Waals surface area contributed by atoms with Crippen LogP contribution < -0.4 is 5.73 Å². The van der Waals surface area contributed by atoms with E-state index in [2.05, 4.69) is 0 Å². The average Bonchev–Trinajstić information content (AvgIpc) is 2.42. The normalized spacial score (nSPS) is 9.60. The van der Waals surface area contributed by atoms with Gasteiger partial charge < -0.3 is 10.6 Å². The van der Waals surface area contributed by atoms with Crippen LogP contribution in [0.1, 0.15) is 34.3 Å². The fourth-order valence-electron chi connectivity index (χ4n) is 1.95. The molecule has 0 saturated heterocycles. The van der Waals surface area contributed by atoms with Gasteiger partial charge in [-0.3, -0.25) is 4.79 Å². The van der Waals surface area contributed by atoms with Crippen molar-refractivity contribution in [2.45, 2.75) is 26.7 Å². The number of nitrogen functional groups attached to an aromatic ring is 1. The number of nitriles is 2. The maximum Gasteiger partial charge on any atom is 0.254 e. The molecule has 0 saturated carbocycles. The molecule has 1 amide bonds. The predicted octanol–water partition coefficient (Wildman–Crippen LogP) is 2.16. The topological polar surface area (TPSA) is 93.9 Å². The fourth-order valence-corrected chi connectivity index (χ4v) is 1.95. The molecule has 104 valence electrons. The number of rotatable bonds is 5. The van der Waals surface area contributed by atoms with Crippen LogP contribution in [0.3, 0.4) is 0 Å². The molecule has 0 atom stereocenters. The van der Waals surface area contributed by atoms with Crippen molar-refractivity contribution in [3.8, 4) is 12.1 Å². The number of benzene rings is 1. The molecule has 1 aromatic carbocycles. The molecule has 20 heavy (non-hydrogen) atoms. The summed E-state index contributed by atoms with van der Waals surface area (Å²) in [6, 6.07) is 7.56. The number of hydrogen-bond donors (Lipinski definition) is 1. The fraction of sp³-hybridized carbons (Fsp3) is 0.400. The number of carbonyl (C=O) groups is 1. The molecule has 5 nitrogen and oxygen atoms in total. The molecule has 0 radical (unpaired) electrons. The molecule has 0 spiro atoms. The number of nitrogens with two attached hydrogens (primary N) is 1. The lowest BCUT2D eigenvalue weighted by molar-refractivity contribution is 0.0762. The Morgan fingerprint density at radius 2 is 1.70 bits per heavy atom. The van der Waals surface area contributed by atoms with Crippen LogP contribution in [0, 0.1) is 36.5 Å².